The minimum Gasteiger partial charge on any atom is -0.304 e. The maximum atomic E-state index is 12.7. The summed E-state index contributed by atoms with van der Waals surface area (Å²) in [6.07, 6.45) is 3.10. The number of carbonyl (C=O) groups is 1. The molecular weight excluding hydrogens is 324 g/mol. The molecule has 2 aliphatic heterocycles. The second kappa shape index (κ2) is 5.07. The van der Waals surface area contributed by atoms with E-state index in [-0.39, 0.29) is 18.7 Å². The van der Waals surface area contributed by atoms with Crippen LogP contribution in [-0.4, -0.2) is 48.3 Å². The largest absolute Gasteiger partial charge is 0.345 e. The van der Waals surface area contributed by atoms with Crippen LogP contribution in [0, 0.1) is 0 Å². The topological polar surface area (TPSA) is 76.4 Å². The van der Waals surface area contributed by atoms with Gasteiger partial charge in [-0.15, -0.1) is 28.1 Å². The highest BCUT2D eigenvalue weighted by atomic mass is 32.1. The van der Waals surface area contributed by atoms with Gasteiger partial charge in [-0.1, -0.05) is 18.9 Å². The Morgan fingerprint density at radius 3 is 3.18 bits per heavy atom. The van der Waals surface area contributed by atoms with Crippen molar-refractivity contribution in [3.8, 4) is 0 Å². The van der Waals surface area contributed by atoms with E-state index in [0.29, 0.717) is 12.4 Å². The lowest BCUT2D eigenvalue weighted by Gasteiger charge is -2.28. The van der Waals surface area contributed by atoms with Crippen molar-refractivity contribution in [2.75, 3.05) is 13.2 Å². The predicted molar refractivity (Wildman–Crippen MR) is 81.2 cm³/mol. The van der Waals surface area contributed by atoms with Crippen LogP contribution in [0.3, 0.4) is 0 Å². The van der Waals surface area contributed by atoms with Gasteiger partial charge in [0, 0.05) is 0 Å². The highest BCUT2D eigenvalue weighted by Gasteiger charge is 2.51. The summed E-state index contributed by atoms with van der Waals surface area (Å²) in [5, 5.41) is 9.34. The summed E-state index contributed by atoms with van der Waals surface area (Å²) < 4.78 is 1.51. The van der Waals surface area contributed by atoms with E-state index in [1.165, 1.54) is 26.7 Å². The van der Waals surface area contributed by atoms with Crippen molar-refractivity contribution in [2.45, 2.75) is 12.1 Å². The van der Waals surface area contributed by atoms with Crippen molar-refractivity contribution in [3.05, 3.63) is 40.9 Å². The molecule has 1 fully saturated rings. The smallest absolute Gasteiger partial charge is 0.304 e. The molecule has 0 aliphatic carbocycles. The van der Waals surface area contributed by atoms with E-state index in [0.717, 1.165) is 10.6 Å². The summed E-state index contributed by atoms with van der Waals surface area (Å²) in [6, 6.07) is -0.761. The van der Waals surface area contributed by atoms with Gasteiger partial charge in [-0.05, 0) is 0 Å². The lowest BCUT2D eigenvalue weighted by molar-refractivity contribution is -0.118. The lowest BCUT2D eigenvalue weighted by Crippen LogP contribution is -2.36. The lowest BCUT2D eigenvalue weighted by atomic mass is 10.0. The molecule has 4 heterocycles. The average molecular weight is 336 g/mol. The number of amides is 2. The average Bonchev–Trinajstić information content (AvgIpc) is 3.20. The molecule has 0 radical (unpaired) electrons. The number of hydroxylamine groups is 2. The second-order valence-corrected chi connectivity index (χ2v) is 6.22. The van der Waals surface area contributed by atoms with E-state index >= 15 is 0 Å². The number of aromatic nitrogens is 4. The van der Waals surface area contributed by atoms with Gasteiger partial charge in [0.1, 0.15) is 18.4 Å². The Morgan fingerprint density at radius 1 is 1.59 bits per heavy atom. The van der Waals surface area contributed by atoms with E-state index in [9.17, 15) is 4.79 Å². The minimum absolute atomic E-state index is 0.150. The zero-order valence-corrected chi connectivity index (χ0v) is 13.1. The van der Waals surface area contributed by atoms with Crippen LogP contribution >= 0.6 is 24.2 Å². The number of hydrogen-bond acceptors (Lipinski definition) is 7. The van der Waals surface area contributed by atoms with Gasteiger partial charge in [0.2, 0.25) is 0 Å². The Labute approximate surface area is 135 Å². The minimum atomic E-state index is -0.401. The van der Waals surface area contributed by atoms with E-state index in [2.05, 4.69) is 34.6 Å². The summed E-state index contributed by atoms with van der Waals surface area (Å²) in [7, 11) is 0. The third kappa shape index (κ3) is 1.81. The highest BCUT2D eigenvalue weighted by molar-refractivity contribution is 7.78. The summed E-state index contributed by atoms with van der Waals surface area (Å²) in [5.41, 5.74) is 2.58. The van der Waals surface area contributed by atoms with Crippen LogP contribution < -0.4 is 0 Å². The van der Waals surface area contributed by atoms with Crippen LogP contribution in [0.5, 0.6) is 0 Å². The van der Waals surface area contributed by atoms with Crippen LogP contribution in [0.2, 0.25) is 0 Å². The van der Waals surface area contributed by atoms with Crippen molar-refractivity contribution in [1.29, 1.82) is 0 Å². The molecule has 0 saturated carbocycles. The first-order valence-corrected chi connectivity index (χ1v) is 7.86. The van der Waals surface area contributed by atoms with Gasteiger partial charge in [-0.2, -0.15) is 5.06 Å². The zero-order chi connectivity index (χ0) is 15.3. The van der Waals surface area contributed by atoms with Gasteiger partial charge in [0.25, 0.3) is 0 Å². The monoisotopic (exact) mass is 336 g/mol. The number of hydrogen-bond donors (Lipinski definition) is 1. The van der Waals surface area contributed by atoms with Crippen LogP contribution in [0.4, 0.5) is 4.79 Å². The molecule has 2 aliphatic rings. The molecule has 2 aromatic rings. The summed E-state index contributed by atoms with van der Waals surface area (Å²) in [4.78, 5) is 25.3. The molecule has 2 atom stereocenters. The molecule has 2 aromatic heterocycles. The number of urea groups is 1. The first kappa shape index (κ1) is 13.7. The Bertz CT molecular complexity index is 744. The molecule has 2 unspecified atom stereocenters. The van der Waals surface area contributed by atoms with Gasteiger partial charge in [-0.3, -0.25) is 8.81 Å². The third-order valence-electron chi connectivity index (χ3n) is 3.72. The summed E-state index contributed by atoms with van der Waals surface area (Å²) >= 11 is 5.82. The molecule has 8 nitrogen and oxygen atoms in total. The number of carbonyl (C=O) groups excluding carboxylic acids is 1. The molecule has 2 amide bonds. The SMILES string of the molecule is C=CCON1C(=O)N2CC1c1scnc1C2c1nncn1S. The molecule has 0 aromatic carbocycles. The fraction of sp³-hybridized carbons (Fsp3) is 0.333. The van der Waals surface area contributed by atoms with Crippen LogP contribution in [-0.2, 0) is 4.84 Å². The maximum Gasteiger partial charge on any atom is 0.345 e. The van der Waals surface area contributed by atoms with E-state index in [1.807, 2.05) is 0 Å². The number of nitrogens with zero attached hydrogens (tertiary/aromatic N) is 6. The number of rotatable bonds is 4. The molecule has 114 valence electrons. The van der Waals surface area contributed by atoms with E-state index in [4.69, 9.17) is 4.84 Å². The number of fused-ring (bicyclic) bond motifs is 4. The van der Waals surface area contributed by atoms with Gasteiger partial charge < -0.3 is 4.90 Å². The number of thiol groups is 1. The van der Waals surface area contributed by atoms with E-state index < -0.39 is 6.04 Å². The van der Waals surface area contributed by atoms with Crippen molar-refractivity contribution in [3.63, 3.8) is 0 Å². The summed E-state index contributed by atoms with van der Waals surface area (Å²) in [6.45, 7) is 4.42. The maximum absolute atomic E-state index is 12.7. The molecule has 4 rings (SSSR count). The third-order valence-corrected chi connectivity index (χ3v) is 4.97. The predicted octanol–water partition coefficient (Wildman–Crippen LogP) is 1.43. The van der Waals surface area contributed by atoms with Crippen molar-refractivity contribution >= 4 is 30.2 Å². The van der Waals surface area contributed by atoms with Crippen LogP contribution in [0.1, 0.15) is 28.5 Å². The van der Waals surface area contributed by atoms with E-state index in [1.54, 1.807) is 16.5 Å². The summed E-state index contributed by atoms with van der Waals surface area (Å²) in [5.74, 6) is 0.563. The first-order chi connectivity index (χ1) is 10.7. The number of thiazole rings is 1. The molecule has 1 saturated heterocycles. The molecule has 0 spiro atoms. The Hall–Kier alpha value is -1.91. The Balaban J connectivity index is 1.80. The molecule has 10 heteroatoms. The van der Waals surface area contributed by atoms with Gasteiger partial charge in [0.05, 0.1) is 29.2 Å². The first-order valence-electron chi connectivity index (χ1n) is 6.58. The van der Waals surface area contributed by atoms with Crippen molar-refractivity contribution < 1.29 is 9.63 Å². The van der Waals surface area contributed by atoms with Crippen LogP contribution in [0.15, 0.2) is 24.5 Å². The van der Waals surface area contributed by atoms with Crippen molar-refractivity contribution in [2.24, 2.45) is 0 Å². The molecular formula is C12H12N6O2S2. The highest BCUT2D eigenvalue weighted by Crippen LogP contribution is 2.47. The van der Waals surface area contributed by atoms with Crippen molar-refractivity contribution in [1.82, 2.24) is 29.1 Å². The quantitative estimate of drug-likeness (QED) is 0.675. The fourth-order valence-electron chi connectivity index (χ4n) is 2.83. The Kier molecular flexibility index (Phi) is 3.17. The van der Waals surface area contributed by atoms with Gasteiger partial charge in [0.15, 0.2) is 5.82 Å². The molecule has 22 heavy (non-hydrogen) atoms. The van der Waals surface area contributed by atoms with Gasteiger partial charge >= 0.3 is 6.03 Å². The Morgan fingerprint density at radius 2 is 2.45 bits per heavy atom. The van der Waals surface area contributed by atoms with Gasteiger partial charge in [-0.25, -0.2) is 9.78 Å². The zero-order valence-electron chi connectivity index (χ0n) is 11.4. The second-order valence-electron chi connectivity index (χ2n) is 4.90. The molecule has 2 bridgehead atoms. The van der Waals surface area contributed by atoms with Crippen LogP contribution in [0.25, 0.3) is 0 Å². The normalized spacial score (nSPS) is 23.0. The molecule has 0 N–H and O–H groups in total. The standard InChI is InChI=1S/C12H12N6O2S2/c1-2-3-20-18-7-4-16(12(18)19)9(8-10(7)22-6-13-8)11-15-14-5-17(11)21/h2,5-7,9,21H,1,3-4H2. The fourth-order valence-corrected chi connectivity index (χ4v) is 3.92.